The Kier molecular flexibility index (Phi) is 6.25. The summed E-state index contributed by atoms with van der Waals surface area (Å²) in [4.78, 5) is 10.3. The molecule has 3 N–H and O–H groups in total. The lowest BCUT2D eigenvalue weighted by Gasteiger charge is -2.23. The molecule has 3 atom stereocenters. The molecule has 0 fully saturated rings. The van der Waals surface area contributed by atoms with Gasteiger partial charge in [-0.05, 0) is 18.4 Å². The largest absolute Gasteiger partial charge is 0.478 e. The number of carboxylic acids is 1. The highest BCUT2D eigenvalue weighted by molar-refractivity contribution is 5.79. The SMILES string of the molecule is CC(C(O)CC=CC(=O)O)C(O)Cc1ccccc1. The fourth-order valence-corrected chi connectivity index (χ4v) is 1.82. The van der Waals surface area contributed by atoms with Crippen LogP contribution in [0.5, 0.6) is 0 Å². The minimum absolute atomic E-state index is 0.222. The van der Waals surface area contributed by atoms with Gasteiger partial charge in [0.15, 0.2) is 0 Å². The van der Waals surface area contributed by atoms with E-state index in [0.717, 1.165) is 11.6 Å². The van der Waals surface area contributed by atoms with Gasteiger partial charge < -0.3 is 15.3 Å². The highest BCUT2D eigenvalue weighted by Crippen LogP contribution is 2.16. The summed E-state index contributed by atoms with van der Waals surface area (Å²) in [6.07, 6.45) is 1.68. The summed E-state index contributed by atoms with van der Waals surface area (Å²) in [5.41, 5.74) is 1.01. The van der Waals surface area contributed by atoms with Crippen molar-refractivity contribution in [3.05, 3.63) is 48.0 Å². The summed E-state index contributed by atoms with van der Waals surface area (Å²) in [7, 11) is 0. The van der Waals surface area contributed by atoms with Crippen LogP contribution in [0.25, 0.3) is 0 Å². The van der Waals surface area contributed by atoms with Crippen LogP contribution in [0.2, 0.25) is 0 Å². The maximum absolute atomic E-state index is 10.3. The molecule has 0 saturated heterocycles. The number of hydrogen-bond acceptors (Lipinski definition) is 3. The van der Waals surface area contributed by atoms with Crippen LogP contribution in [0.15, 0.2) is 42.5 Å². The summed E-state index contributed by atoms with van der Waals surface area (Å²) in [6.45, 7) is 1.76. The zero-order valence-corrected chi connectivity index (χ0v) is 10.9. The third-order valence-corrected chi connectivity index (χ3v) is 3.14. The second kappa shape index (κ2) is 7.71. The smallest absolute Gasteiger partial charge is 0.327 e. The van der Waals surface area contributed by atoms with Gasteiger partial charge >= 0.3 is 5.97 Å². The molecule has 0 spiro atoms. The quantitative estimate of drug-likeness (QED) is 0.654. The van der Waals surface area contributed by atoms with Crippen molar-refractivity contribution >= 4 is 5.97 Å². The fraction of sp³-hybridized carbons (Fsp3) is 0.400. The summed E-state index contributed by atoms with van der Waals surface area (Å²) >= 11 is 0. The molecular weight excluding hydrogens is 244 g/mol. The lowest BCUT2D eigenvalue weighted by atomic mass is 9.91. The summed E-state index contributed by atoms with van der Waals surface area (Å²) in [6, 6.07) is 9.56. The van der Waals surface area contributed by atoms with E-state index in [0.29, 0.717) is 6.42 Å². The predicted octanol–water partition coefficient (Wildman–Crippen LogP) is 1.62. The first-order valence-electron chi connectivity index (χ1n) is 6.30. The molecule has 0 bridgehead atoms. The van der Waals surface area contributed by atoms with E-state index in [4.69, 9.17) is 5.11 Å². The molecule has 4 nitrogen and oxygen atoms in total. The van der Waals surface area contributed by atoms with E-state index in [9.17, 15) is 15.0 Å². The predicted molar refractivity (Wildman–Crippen MR) is 72.7 cm³/mol. The average Bonchev–Trinajstić information content (AvgIpc) is 2.38. The Hall–Kier alpha value is -1.65. The normalized spacial score (nSPS) is 16.2. The molecule has 0 aliphatic heterocycles. The van der Waals surface area contributed by atoms with Gasteiger partial charge in [0.25, 0.3) is 0 Å². The van der Waals surface area contributed by atoms with E-state index in [1.54, 1.807) is 6.92 Å². The van der Waals surface area contributed by atoms with Crippen LogP contribution in [0.1, 0.15) is 18.9 Å². The van der Waals surface area contributed by atoms with Crippen LogP contribution in [-0.2, 0) is 11.2 Å². The maximum atomic E-state index is 10.3. The third kappa shape index (κ3) is 5.68. The first-order chi connectivity index (χ1) is 9.00. The molecule has 0 heterocycles. The lowest BCUT2D eigenvalue weighted by molar-refractivity contribution is -0.131. The lowest BCUT2D eigenvalue weighted by Crippen LogP contribution is -2.30. The second-order valence-corrected chi connectivity index (χ2v) is 4.66. The molecule has 0 amide bonds. The van der Waals surface area contributed by atoms with Gasteiger partial charge in [0.1, 0.15) is 0 Å². The number of carbonyl (C=O) groups is 1. The Bertz CT molecular complexity index is 413. The molecule has 1 rings (SSSR count). The minimum atomic E-state index is -1.04. The average molecular weight is 264 g/mol. The Labute approximate surface area is 113 Å². The van der Waals surface area contributed by atoms with Crippen LogP contribution in [0, 0.1) is 5.92 Å². The van der Waals surface area contributed by atoms with E-state index in [1.807, 2.05) is 30.3 Å². The number of carboxylic acid groups (broad SMARTS) is 1. The molecular formula is C15H20O4. The summed E-state index contributed by atoms with van der Waals surface area (Å²) < 4.78 is 0. The number of hydrogen-bond donors (Lipinski definition) is 3. The number of aliphatic hydroxyl groups is 2. The van der Waals surface area contributed by atoms with Crippen LogP contribution >= 0.6 is 0 Å². The zero-order chi connectivity index (χ0) is 14.3. The zero-order valence-electron chi connectivity index (χ0n) is 10.9. The fourth-order valence-electron chi connectivity index (χ4n) is 1.82. The molecule has 1 aromatic carbocycles. The van der Waals surface area contributed by atoms with E-state index in [2.05, 4.69) is 0 Å². The van der Waals surface area contributed by atoms with E-state index in [1.165, 1.54) is 6.08 Å². The van der Waals surface area contributed by atoms with Crippen LogP contribution in [0.3, 0.4) is 0 Å². The summed E-state index contributed by atoms with van der Waals surface area (Å²) in [5.74, 6) is -1.36. The van der Waals surface area contributed by atoms with Gasteiger partial charge in [0, 0.05) is 12.0 Å². The molecule has 0 aliphatic carbocycles. The Morgan fingerprint density at radius 3 is 2.42 bits per heavy atom. The highest BCUT2D eigenvalue weighted by Gasteiger charge is 2.21. The third-order valence-electron chi connectivity index (χ3n) is 3.14. The number of aliphatic carboxylic acids is 1. The van der Waals surface area contributed by atoms with Crippen LogP contribution in [0.4, 0.5) is 0 Å². The molecule has 0 saturated carbocycles. The Balaban J connectivity index is 2.47. The molecule has 3 unspecified atom stereocenters. The first kappa shape index (κ1) is 15.4. The van der Waals surface area contributed by atoms with Crippen LogP contribution in [-0.4, -0.2) is 33.5 Å². The van der Waals surface area contributed by atoms with Gasteiger partial charge in [0.2, 0.25) is 0 Å². The van der Waals surface area contributed by atoms with E-state index >= 15 is 0 Å². The van der Waals surface area contributed by atoms with Gasteiger partial charge in [-0.25, -0.2) is 4.79 Å². The van der Waals surface area contributed by atoms with Crippen molar-refractivity contribution in [1.82, 2.24) is 0 Å². The molecule has 1 aromatic rings. The van der Waals surface area contributed by atoms with Crippen molar-refractivity contribution in [1.29, 1.82) is 0 Å². The van der Waals surface area contributed by atoms with Gasteiger partial charge in [-0.3, -0.25) is 0 Å². The topological polar surface area (TPSA) is 77.8 Å². The van der Waals surface area contributed by atoms with E-state index < -0.39 is 18.2 Å². The Morgan fingerprint density at radius 2 is 1.84 bits per heavy atom. The van der Waals surface area contributed by atoms with Crippen molar-refractivity contribution in [2.45, 2.75) is 32.0 Å². The molecule has 104 valence electrons. The molecule has 4 heteroatoms. The van der Waals surface area contributed by atoms with Crippen molar-refractivity contribution in [3.63, 3.8) is 0 Å². The minimum Gasteiger partial charge on any atom is -0.478 e. The standard InChI is InChI=1S/C15H20O4/c1-11(13(16)8-5-9-15(18)19)14(17)10-12-6-3-2-4-7-12/h2-7,9,11,13-14,16-17H,8,10H2,1H3,(H,18,19). The first-order valence-corrected chi connectivity index (χ1v) is 6.30. The number of rotatable bonds is 7. The number of aliphatic hydroxyl groups excluding tert-OH is 2. The van der Waals surface area contributed by atoms with Crippen molar-refractivity contribution in [2.75, 3.05) is 0 Å². The van der Waals surface area contributed by atoms with Gasteiger partial charge in [-0.1, -0.05) is 43.3 Å². The molecule has 0 aromatic heterocycles. The number of benzene rings is 1. The maximum Gasteiger partial charge on any atom is 0.327 e. The van der Waals surface area contributed by atoms with Crippen LogP contribution < -0.4 is 0 Å². The van der Waals surface area contributed by atoms with Crippen molar-refractivity contribution in [3.8, 4) is 0 Å². The monoisotopic (exact) mass is 264 g/mol. The Morgan fingerprint density at radius 1 is 1.21 bits per heavy atom. The van der Waals surface area contributed by atoms with Gasteiger partial charge in [-0.15, -0.1) is 0 Å². The van der Waals surface area contributed by atoms with Gasteiger partial charge in [-0.2, -0.15) is 0 Å². The molecule has 0 radical (unpaired) electrons. The molecule has 19 heavy (non-hydrogen) atoms. The van der Waals surface area contributed by atoms with Crippen molar-refractivity contribution in [2.24, 2.45) is 5.92 Å². The summed E-state index contributed by atoms with van der Waals surface area (Å²) in [5, 5.41) is 28.4. The van der Waals surface area contributed by atoms with Gasteiger partial charge in [0.05, 0.1) is 12.2 Å². The van der Waals surface area contributed by atoms with E-state index in [-0.39, 0.29) is 12.3 Å². The second-order valence-electron chi connectivity index (χ2n) is 4.66. The molecule has 0 aliphatic rings. The highest BCUT2D eigenvalue weighted by atomic mass is 16.4. The van der Waals surface area contributed by atoms with Crippen molar-refractivity contribution < 1.29 is 20.1 Å².